The van der Waals surface area contributed by atoms with E-state index in [-0.39, 0.29) is 17.9 Å². The second kappa shape index (κ2) is 7.71. The van der Waals surface area contributed by atoms with Crippen molar-refractivity contribution in [1.29, 1.82) is 0 Å². The molecular formula is C19H26N2O3. The average Bonchev–Trinajstić information content (AvgIpc) is 2.98. The molecular weight excluding hydrogens is 304 g/mol. The van der Waals surface area contributed by atoms with Crippen LogP contribution in [0.4, 0.5) is 0 Å². The molecule has 1 saturated carbocycles. The summed E-state index contributed by atoms with van der Waals surface area (Å²) in [5, 5.41) is 14.0. The molecule has 0 spiro atoms. The molecule has 0 aliphatic heterocycles. The Morgan fingerprint density at radius 2 is 2.21 bits per heavy atom. The van der Waals surface area contributed by atoms with Crippen LogP contribution in [0.1, 0.15) is 38.2 Å². The molecule has 2 atom stereocenters. The van der Waals surface area contributed by atoms with Crippen molar-refractivity contribution in [2.45, 2.75) is 45.1 Å². The maximum atomic E-state index is 12.3. The van der Waals surface area contributed by atoms with Gasteiger partial charge in [0.1, 0.15) is 5.75 Å². The minimum Gasteiger partial charge on any atom is -0.493 e. The van der Waals surface area contributed by atoms with Crippen LogP contribution in [0, 0.1) is 5.92 Å². The van der Waals surface area contributed by atoms with Crippen LogP contribution in [-0.4, -0.2) is 35.3 Å². The number of aromatic nitrogens is 1. The molecule has 3 rings (SSSR count). The fourth-order valence-corrected chi connectivity index (χ4v) is 3.54. The quantitative estimate of drug-likeness (QED) is 0.762. The fraction of sp³-hybridized carbons (Fsp3) is 0.526. The number of amides is 1. The highest BCUT2D eigenvalue weighted by Gasteiger charge is 2.23. The van der Waals surface area contributed by atoms with Gasteiger partial charge in [-0.3, -0.25) is 4.79 Å². The molecule has 130 valence electrons. The van der Waals surface area contributed by atoms with Gasteiger partial charge in [0.25, 0.3) is 0 Å². The Morgan fingerprint density at radius 3 is 3.00 bits per heavy atom. The van der Waals surface area contributed by atoms with Gasteiger partial charge in [-0.25, -0.2) is 0 Å². The van der Waals surface area contributed by atoms with Gasteiger partial charge in [0.05, 0.1) is 19.1 Å². The topological polar surface area (TPSA) is 74.4 Å². The molecule has 1 aliphatic carbocycles. The number of rotatable bonds is 6. The van der Waals surface area contributed by atoms with Crippen molar-refractivity contribution in [3.63, 3.8) is 0 Å². The number of carbonyl (C=O) groups is 1. The molecule has 3 N–H and O–H groups in total. The zero-order valence-corrected chi connectivity index (χ0v) is 14.2. The van der Waals surface area contributed by atoms with Gasteiger partial charge in [-0.1, -0.05) is 18.9 Å². The second-order valence-corrected chi connectivity index (χ2v) is 6.52. The predicted molar refractivity (Wildman–Crippen MR) is 94.1 cm³/mol. The zero-order chi connectivity index (χ0) is 16.9. The minimum atomic E-state index is -0.281. The summed E-state index contributed by atoms with van der Waals surface area (Å²) in [6.07, 6.45) is 5.97. The van der Waals surface area contributed by atoms with Crippen LogP contribution in [0.5, 0.6) is 5.75 Å². The number of hydrogen-bond acceptors (Lipinski definition) is 3. The number of ether oxygens (including phenoxy) is 1. The SMILES string of the molecule is CCOc1cccc2[nH]cc(CC(=O)NC[C@@H]3CCCC[C@H]3O)c12. The maximum Gasteiger partial charge on any atom is 0.224 e. The first-order chi connectivity index (χ1) is 11.7. The first-order valence-electron chi connectivity index (χ1n) is 8.85. The molecule has 0 bridgehead atoms. The van der Waals surface area contributed by atoms with E-state index in [1.807, 2.05) is 31.3 Å². The zero-order valence-electron chi connectivity index (χ0n) is 14.2. The monoisotopic (exact) mass is 330 g/mol. The van der Waals surface area contributed by atoms with E-state index in [0.29, 0.717) is 19.6 Å². The highest BCUT2D eigenvalue weighted by Crippen LogP contribution is 2.29. The number of hydrogen-bond donors (Lipinski definition) is 3. The van der Waals surface area contributed by atoms with Crippen LogP contribution in [0.3, 0.4) is 0 Å². The van der Waals surface area contributed by atoms with Crippen LogP contribution in [0.2, 0.25) is 0 Å². The number of H-pyrrole nitrogens is 1. The summed E-state index contributed by atoms with van der Waals surface area (Å²) in [5.41, 5.74) is 1.92. The summed E-state index contributed by atoms with van der Waals surface area (Å²) in [4.78, 5) is 15.5. The molecule has 1 aliphatic rings. The smallest absolute Gasteiger partial charge is 0.224 e. The normalized spacial score (nSPS) is 20.9. The summed E-state index contributed by atoms with van der Waals surface area (Å²) < 4.78 is 5.68. The van der Waals surface area contributed by atoms with Gasteiger partial charge in [0.15, 0.2) is 0 Å². The Hall–Kier alpha value is -2.01. The standard InChI is InChI=1S/C19H26N2O3/c1-2-24-17-9-5-7-15-19(17)14(12-20-15)10-18(23)21-11-13-6-3-4-8-16(13)22/h5,7,9,12-13,16,20,22H,2-4,6,8,10-11H2,1H3,(H,21,23)/t13-,16+/m0/s1. The van der Waals surface area contributed by atoms with E-state index in [2.05, 4.69) is 10.3 Å². The fourth-order valence-electron chi connectivity index (χ4n) is 3.54. The summed E-state index contributed by atoms with van der Waals surface area (Å²) in [6, 6.07) is 5.86. The molecule has 2 aromatic rings. The van der Waals surface area contributed by atoms with Gasteiger partial charge in [-0.2, -0.15) is 0 Å². The highest BCUT2D eigenvalue weighted by atomic mass is 16.5. The van der Waals surface area contributed by atoms with Crippen molar-refractivity contribution in [2.75, 3.05) is 13.2 Å². The summed E-state index contributed by atoms with van der Waals surface area (Å²) in [6.45, 7) is 3.10. The number of fused-ring (bicyclic) bond motifs is 1. The maximum absolute atomic E-state index is 12.3. The summed E-state index contributed by atoms with van der Waals surface area (Å²) in [5.74, 6) is 0.978. The Labute approximate surface area is 142 Å². The largest absolute Gasteiger partial charge is 0.493 e. The molecule has 1 amide bonds. The van der Waals surface area contributed by atoms with Gasteiger partial charge in [0.2, 0.25) is 5.91 Å². The van der Waals surface area contributed by atoms with Crippen LogP contribution in [0.15, 0.2) is 24.4 Å². The number of benzene rings is 1. The highest BCUT2D eigenvalue weighted by molar-refractivity contribution is 5.93. The average molecular weight is 330 g/mol. The van der Waals surface area contributed by atoms with Gasteiger partial charge >= 0.3 is 0 Å². The Bertz CT molecular complexity index is 695. The lowest BCUT2D eigenvalue weighted by Crippen LogP contribution is -2.37. The number of aromatic amines is 1. The summed E-state index contributed by atoms with van der Waals surface area (Å²) in [7, 11) is 0. The van der Waals surface area contributed by atoms with Crippen LogP contribution in [0.25, 0.3) is 10.9 Å². The molecule has 0 saturated heterocycles. The summed E-state index contributed by atoms with van der Waals surface area (Å²) >= 11 is 0. The van der Waals surface area contributed by atoms with Crippen molar-refractivity contribution >= 4 is 16.8 Å². The molecule has 0 unspecified atom stereocenters. The third kappa shape index (κ3) is 3.73. The molecule has 0 radical (unpaired) electrons. The third-order valence-electron chi connectivity index (χ3n) is 4.83. The van der Waals surface area contributed by atoms with E-state index >= 15 is 0 Å². The van der Waals surface area contributed by atoms with Crippen molar-refractivity contribution in [3.05, 3.63) is 30.0 Å². The van der Waals surface area contributed by atoms with Crippen molar-refractivity contribution in [2.24, 2.45) is 5.92 Å². The lowest BCUT2D eigenvalue weighted by atomic mass is 9.86. The lowest BCUT2D eigenvalue weighted by molar-refractivity contribution is -0.120. The second-order valence-electron chi connectivity index (χ2n) is 6.52. The van der Waals surface area contributed by atoms with E-state index in [1.54, 1.807) is 0 Å². The first kappa shape index (κ1) is 16.8. The lowest BCUT2D eigenvalue weighted by Gasteiger charge is -2.27. The van der Waals surface area contributed by atoms with E-state index in [4.69, 9.17) is 4.74 Å². The van der Waals surface area contributed by atoms with Crippen LogP contribution in [-0.2, 0) is 11.2 Å². The Morgan fingerprint density at radius 1 is 1.38 bits per heavy atom. The molecule has 5 nitrogen and oxygen atoms in total. The predicted octanol–water partition coefficient (Wildman–Crippen LogP) is 2.78. The van der Waals surface area contributed by atoms with Gasteiger partial charge in [-0.15, -0.1) is 0 Å². The van der Waals surface area contributed by atoms with E-state index in [0.717, 1.165) is 47.9 Å². The van der Waals surface area contributed by atoms with E-state index in [9.17, 15) is 9.90 Å². The molecule has 1 fully saturated rings. The number of aliphatic hydroxyl groups excluding tert-OH is 1. The molecule has 1 aromatic heterocycles. The van der Waals surface area contributed by atoms with Crippen LogP contribution >= 0.6 is 0 Å². The van der Waals surface area contributed by atoms with Gasteiger partial charge < -0.3 is 20.1 Å². The molecule has 1 aromatic carbocycles. The Kier molecular flexibility index (Phi) is 5.41. The van der Waals surface area contributed by atoms with E-state index in [1.165, 1.54) is 0 Å². The third-order valence-corrected chi connectivity index (χ3v) is 4.83. The van der Waals surface area contributed by atoms with Gasteiger partial charge in [0, 0.05) is 29.6 Å². The minimum absolute atomic E-state index is 0.0139. The van der Waals surface area contributed by atoms with Crippen molar-refractivity contribution in [3.8, 4) is 5.75 Å². The van der Waals surface area contributed by atoms with E-state index < -0.39 is 0 Å². The first-order valence-corrected chi connectivity index (χ1v) is 8.85. The van der Waals surface area contributed by atoms with Crippen LogP contribution < -0.4 is 10.1 Å². The molecule has 24 heavy (non-hydrogen) atoms. The van der Waals surface area contributed by atoms with Crippen molar-refractivity contribution in [1.82, 2.24) is 10.3 Å². The number of carbonyl (C=O) groups excluding carboxylic acids is 1. The Balaban J connectivity index is 1.65. The number of nitrogens with one attached hydrogen (secondary N) is 2. The molecule has 5 heteroatoms. The number of aliphatic hydroxyl groups is 1. The molecule has 1 heterocycles. The van der Waals surface area contributed by atoms with Gasteiger partial charge in [-0.05, 0) is 37.5 Å². The van der Waals surface area contributed by atoms with Crippen molar-refractivity contribution < 1.29 is 14.6 Å².